The van der Waals surface area contributed by atoms with E-state index < -0.39 is 0 Å². The van der Waals surface area contributed by atoms with Crippen LogP contribution in [0.2, 0.25) is 0 Å². The fraction of sp³-hybridized carbons (Fsp3) is 0.0938. The number of ketones is 1. The normalized spacial score (nSPS) is 11.4. The summed E-state index contributed by atoms with van der Waals surface area (Å²) >= 11 is 1.46. The van der Waals surface area contributed by atoms with Gasteiger partial charge in [0.05, 0.1) is 38.5 Å². The van der Waals surface area contributed by atoms with E-state index in [1.54, 1.807) is 13.1 Å². The summed E-state index contributed by atoms with van der Waals surface area (Å²) in [5.41, 5.74) is 8.41. The number of Topliss-reactive ketones (excluding diaryl/α,β-unsaturated/α-hetero) is 1. The van der Waals surface area contributed by atoms with Gasteiger partial charge in [-0.1, -0.05) is 30.3 Å². The first-order valence-corrected chi connectivity index (χ1v) is 14.1. The molecule has 9 heteroatoms. The van der Waals surface area contributed by atoms with Crippen molar-refractivity contribution in [3.63, 3.8) is 0 Å². The Bertz CT molecular complexity index is 2020. The first-order valence-electron chi connectivity index (χ1n) is 13.2. The van der Waals surface area contributed by atoms with Crippen molar-refractivity contribution in [2.75, 3.05) is 0 Å². The molecule has 7 aromatic rings. The molecule has 0 aliphatic heterocycles. The molecule has 0 saturated heterocycles. The third-order valence-corrected chi connectivity index (χ3v) is 8.22. The second-order valence-electron chi connectivity index (χ2n) is 9.88. The number of carbonyl (C=O) groups is 1. The Hall–Kier alpha value is -4.99. The van der Waals surface area contributed by atoms with E-state index in [-0.39, 0.29) is 5.78 Å². The average molecular weight is 556 g/mol. The lowest BCUT2D eigenvalue weighted by Gasteiger charge is -2.07. The Kier molecular flexibility index (Phi) is 6.42. The number of carbonyl (C=O) groups excluding carboxylic acids is 1. The SMILES string of the molecule is CC(=O)c1ccc(-c2nccc3[nH]c(-c4n[nH]c5cnc(-c6cncc(CNCc7ccccc7)c6)cc45)cc23)s1. The maximum Gasteiger partial charge on any atom is 0.169 e. The summed E-state index contributed by atoms with van der Waals surface area (Å²) in [6, 6.07) is 22.3. The minimum absolute atomic E-state index is 0.0553. The monoisotopic (exact) mass is 555 g/mol. The van der Waals surface area contributed by atoms with Crippen LogP contribution in [0.5, 0.6) is 0 Å². The van der Waals surface area contributed by atoms with Crippen LogP contribution in [0.3, 0.4) is 0 Å². The van der Waals surface area contributed by atoms with Gasteiger partial charge in [0.1, 0.15) is 5.69 Å². The summed E-state index contributed by atoms with van der Waals surface area (Å²) in [4.78, 5) is 30.8. The van der Waals surface area contributed by atoms with Gasteiger partial charge in [-0.05, 0) is 54.4 Å². The molecule has 1 aromatic carbocycles. The minimum Gasteiger partial charge on any atom is -0.353 e. The van der Waals surface area contributed by atoms with E-state index in [9.17, 15) is 4.79 Å². The molecule has 0 unspecified atom stereocenters. The highest BCUT2D eigenvalue weighted by Crippen LogP contribution is 2.36. The number of pyridine rings is 3. The van der Waals surface area contributed by atoms with Crippen LogP contribution in [0.1, 0.15) is 27.7 Å². The van der Waals surface area contributed by atoms with Crippen molar-refractivity contribution in [2.24, 2.45) is 0 Å². The van der Waals surface area contributed by atoms with Crippen molar-refractivity contribution in [2.45, 2.75) is 20.0 Å². The van der Waals surface area contributed by atoms with Crippen LogP contribution in [-0.4, -0.2) is 35.9 Å². The summed E-state index contributed by atoms with van der Waals surface area (Å²) in [5, 5.41) is 13.2. The van der Waals surface area contributed by atoms with E-state index in [2.05, 4.69) is 65.8 Å². The molecule has 0 fully saturated rings. The number of nitrogens with one attached hydrogen (secondary N) is 3. The Morgan fingerprint density at radius 1 is 0.854 bits per heavy atom. The Morgan fingerprint density at radius 2 is 1.71 bits per heavy atom. The van der Waals surface area contributed by atoms with Crippen LogP contribution >= 0.6 is 11.3 Å². The number of aromatic amines is 2. The van der Waals surface area contributed by atoms with Gasteiger partial charge in [-0.3, -0.25) is 24.8 Å². The number of rotatable bonds is 8. The van der Waals surface area contributed by atoms with E-state index in [1.807, 2.05) is 55.0 Å². The Morgan fingerprint density at radius 3 is 2.56 bits per heavy atom. The molecule has 3 N–H and O–H groups in total. The predicted octanol–water partition coefficient (Wildman–Crippen LogP) is 6.78. The lowest BCUT2D eigenvalue weighted by molar-refractivity contribution is 0.102. The second kappa shape index (κ2) is 10.5. The number of fused-ring (bicyclic) bond motifs is 2. The molecule has 41 heavy (non-hydrogen) atoms. The number of hydrogen-bond donors (Lipinski definition) is 3. The van der Waals surface area contributed by atoms with E-state index >= 15 is 0 Å². The van der Waals surface area contributed by atoms with Gasteiger partial charge in [0, 0.05) is 53.5 Å². The number of aromatic nitrogens is 6. The van der Waals surface area contributed by atoms with Gasteiger partial charge >= 0.3 is 0 Å². The molecule has 0 saturated carbocycles. The Labute approximate surface area is 239 Å². The molecular formula is C32H25N7OS. The van der Waals surface area contributed by atoms with E-state index in [0.29, 0.717) is 6.54 Å². The van der Waals surface area contributed by atoms with Gasteiger partial charge in [0.2, 0.25) is 0 Å². The summed E-state index contributed by atoms with van der Waals surface area (Å²) in [6.07, 6.45) is 7.31. The maximum atomic E-state index is 11.8. The van der Waals surface area contributed by atoms with Crippen molar-refractivity contribution in [1.29, 1.82) is 0 Å². The number of H-pyrrole nitrogens is 2. The van der Waals surface area contributed by atoms with Crippen LogP contribution in [0.4, 0.5) is 0 Å². The topological polar surface area (TPSA) is 112 Å². The molecule has 200 valence electrons. The lowest BCUT2D eigenvalue weighted by atomic mass is 10.1. The molecule has 8 nitrogen and oxygen atoms in total. The molecule has 0 bridgehead atoms. The molecule has 0 amide bonds. The fourth-order valence-electron chi connectivity index (χ4n) is 4.98. The van der Waals surface area contributed by atoms with Gasteiger partial charge in [0.15, 0.2) is 5.78 Å². The van der Waals surface area contributed by atoms with Crippen molar-refractivity contribution < 1.29 is 4.79 Å². The zero-order valence-corrected chi connectivity index (χ0v) is 23.0. The van der Waals surface area contributed by atoms with Crippen LogP contribution < -0.4 is 5.32 Å². The van der Waals surface area contributed by atoms with Crippen molar-refractivity contribution in [3.05, 3.63) is 108 Å². The standard InChI is InChI=1S/C32H25N7OS/c1-19(40)29-7-8-30(41-29)32-23-13-27(37-25(23)9-10-35-32)31-24-12-26(36-18-28(24)38-39-31)22-11-21(16-34-17-22)15-33-14-20-5-3-2-4-6-20/h2-13,16-18,33,37H,14-15H2,1H3,(H,38,39). The molecule has 0 atom stereocenters. The molecule has 7 rings (SSSR count). The second-order valence-corrected chi connectivity index (χ2v) is 11.0. The summed E-state index contributed by atoms with van der Waals surface area (Å²) in [7, 11) is 0. The van der Waals surface area contributed by atoms with Crippen LogP contribution in [-0.2, 0) is 13.1 Å². The first kappa shape index (κ1) is 25.0. The average Bonchev–Trinajstić information content (AvgIpc) is 3.76. The van der Waals surface area contributed by atoms with E-state index in [1.165, 1.54) is 16.9 Å². The van der Waals surface area contributed by atoms with Crippen LogP contribution in [0.25, 0.3) is 55.0 Å². The van der Waals surface area contributed by atoms with Crippen LogP contribution in [0.15, 0.2) is 91.5 Å². The number of hydrogen-bond acceptors (Lipinski definition) is 7. The number of nitrogens with zero attached hydrogens (tertiary/aromatic N) is 4. The van der Waals surface area contributed by atoms with Gasteiger partial charge in [-0.25, -0.2) is 0 Å². The van der Waals surface area contributed by atoms with Crippen molar-refractivity contribution in [3.8, 4) is 33.2 Å². The molecule has 0 aliphatic rings. The molecular weight excluding hydrogens is 530 g/mol. The molecule has 6 aromatic heterocycles. The quantitative estimate of drug-likeness (QED) is 0.178. The first-order chi connectivity index (χ1) is 20.1. The fourth-order valence-corrected chi connectivity index (χ4v) is 5.90. The summed E-state index contributed by atoms with van der Waals surface area (Å²) in [6.45, 7) is 3.08. The summed E-state index contributed by atoms with van der Waals surface area (Å²) in [5.74, 6) is 0.0553. The highest BCUT2D eigenvalue weighted by Gasteiger charge is 2.17. The van der Waals surface area contributed by atoms with Gasteiger partial charge in [0.25, 0.3) is 0 Å². The zero-order valence-electron chi connectivity index (χ0n) is 22.2. The highest BCUT2D eigenvalue weighted by molar-refractivity contribution is 7.17. The van der Waals surface area contributed by atoms with Gasteiger partial charge in [-0.15, -0.1) is 11.3 Å². The molecule has 0 radical (unpaired) electrons. The molecule has 0 spiro atoms. The van der Waals surface area contributed by atoms with Gasteiger partial charge in [-0.2, -0.15) is 5.10 Å². The van der Waals surface area contributed by atoms with Gasteiger partial charge < -0.3 is 10.3 Å². The van der Waals surface area contributed by atoms with Crippen LogP contribution in [0, 0.1) is 0 Å². The predicted molar refractivity (Wildman–Crippen MR) is 163 cm³/mol. The third kappa shape index (κ3) is 4.93. The molecule has 0 aliphatic carbocycles. The van der Waals surface area contributed by atoms with E-state index in [0.717, 1.165) is 72.0 Å². The third-order valence-electron chi connectivity index (χ3n) is 7.03. The summed E-state index contributed by atoms with van der Waals surface area (Å²) < 4.78 is 0. The number of benzene rings is 1. The maximum absolute atomic E-state index is 11.8. The van der Waals surface area contributed by atoms with Crippen molar-refractivity contribution >= 4 is 38.9 Å². The Balaban J connectivity index is 1.19. The van der Waals surface area contributed by atoms with E-state index in [4.69, 9.17) is 0 Å². The largest absolute Gasteiger partial charge is 0.353 e. The molecule has 6 heterocycles. The zero-order chi connectivity index (χ0) is 27.8. The highest BCUT2D eigenvalue weighted by atomic mass is 32.1. The lowest BCUT2D eigenvalue weighted by Crippen LogP contribution is -2.12. The van der Waals surface area contributed by atoms with Crippen molar-refractivity contribution in [1.82, 2.24) is 35.5 Å². The smallest absolute Gasteiger partial charge is 0.169 e. The number of thiophene rings is 1. The minimum atomic E-state index is 0.0553.